The van der Waals surface area contributed by atoms with Crippen molar-refractivity contribution in [1.29, 1.82) is 0 Å². The first kappa shape index (κ1) is 15.7. The minimum Gasteiger partial charge on any atom is -0.265 e. The summed E-state index contributed by atoms with van der Waals surface area (Å²) in [6.45, 7) is 0. The third-order valence-corrected chi connectivity index (χ3v) is 4.00. The molecule has 1 heteroatoms. The molecule has 0 saturated carbocycles. The van der Waals surface area contributed by atoms with E-state index in [-0.39, 0.29) is 0 Å². The predicted molar refractivity (Wildman–Crippen MR) is 107 cm³/mol. The molecule has 1 aromatic heterocycles. The zero-order valence-electron chi connectivity index (χ0n) is 14.1. The first-order valence-electron chi connectivity index (χ1n) is 8.40. The Kier molecular flexibility index (Phi) is 4.46. The molecule has 3 aromatic carbocycles. The molecule has 0 aliphatic heterocycles. The molecule has 0 aliphatic rings. The highest BCUT2D eigenvalue weighted by molar-refractivity contribution is 5.85. The van der Waals surface area contributed by atoms with E-state index in [9.17, 15) is 0 Å². The summed E-state index contributed by atoms with van der Waals surface area (Å²) in [5.41, 5.74) is 4.00. The van der Waals surface area contributed by atoms with Gasteiger partial charge >= 0.3 is 0 Å². The second-order valence-corrected chi connectivity index (χ2v) is 5.88. The lowest BCUT2D eigenvalue weighted by Gasteiger charge is -2.00. The van der Waals surface area contributed by atoms with E-state index in [1.165, 1.54) is 5.39 Å². The quantitative estimate of drug-likeness (QED) is 0.412. The van der Waals surface area contributed by atoms with Crippen molar-refractivity contribution in [1.82, 2.24) is 4.98 Å². The Bertz CT molecular complexity index is 1070. The highest BCUT2D eigenvalue weighted by Gasteiger charge is 1.96. The van der Waals surface area contributed by atoms with Crippen LogP contribution in [0.4, 0.5) is 0 Å². The second kappa shape index (κ2) is 7.39. The topological polar surface area (TPSA) is 12.9 Å². The number of hydrogen-bond donors (Lipinski definition) is 0. The van der Waals surface area contributed by atoms with Crippen LogP contribution in [-0.4, -0.2) is 4.98 Å². The molecule has 120 valence electrons. The molecule has 1 nitrogen and oxygen atoms in total. The molecule has 0 bridgehead atoms. The minimum atomic E-state index is 0.964. The number of fused-ring (bicyclic) bond motifs is 1. The van der Waals surface area contributed by atoms with E-state index in [0.29, 0.717) is 0 Å². The van der Waals surface area contributed by atoms with Crippen LogP contribution in [0.25, 0.3) is 10.8 Å². The van der Waals surface area contributed by atoms with Gasteiger partial charge in [-0.1, -0.05) is 54.0 Å². The summed E-state index contributed by atoms with van der Waals surface area (Å²) in [6, 6.07) is 26.4. The molecule has 0 unspecified atom stereocenters. The molecule has 0 atom stereocenters. The summed E-state index contributed by atoms with van der Waals surface area (Å²) in [7, 11) is 0. The summed E-state index contributed by atoms with van der Waals surface area (Å²) in [5, 5.41) is 2.33. The zero-order valence-corrected chi connectivity index (χ0v) is 14.1. The number of benzene rings is 3. The van der Waals surface area contributed by atoms with Gasteiger partial charge < -0.3 is 0 Å². The predicted octanol–water partition coefficient (Wildman–Crippen LogP) is 5.03. The Morgan fingerprint density at radius 2 is 0.962 bits per heavy atom. The molecule has 4 rings (SSSR count). The van der Waals surface area contributed by atoms with E-state index in [1.807, 2.05) is 48.5 Å². The third-order valence-electron chi connectivity index (χ3n) is 4.00. The Hall–Kier alpha value is -3.81. The molecule has 0 radical (unpaired) electrons. The lowest BCUT2D eigenvalue weighted by molar-refractivity contribution is 1.32. The van der Waals surface area contributed by atoms with Crippen LogP contribution in [0.1, 0.15) is 22.3 Å². The fraction of sp³-hybridized carbons (Fsp3) is 0. The van der Waals surface area contributed by atoms with Gasteiger partial charge in [0.05, 0.1) is 0 Å². The number of aromatic nitrogens is 1. The van der Waals surface area contributed by atoms with E-state index in [4.69, 9.17) is 0 Å². The SMILES string of the molecule is C(#Cc1ccc2cc(C#Cc3ccncc3)ccc2c1)c1ccccc1. The normalized spacial score (nSPS) is 9.69. The van der Waals surface area contributed by atoms with Crippen molar-refractivity contribution < 1.29 is 0 Å². The standard InChI is InChI=1S/C25H15N/c1-2-4-20(5-3-1)6-8-22-10-12-25-19-23(11-13-24(25)18-22)9-7-21-14-16-26-17-15-21/h1-5,10-19H. The Morgan fingerprint density at radius 1 is 0.462 bits per heavy atom. The maximum absolute atomic E-state index is 4.01. The number of nitrogens with zero attached hydrogens (tertiary/aromatic N) is 1. The average Bonchev–Trinajstić information content (AvgIpc) is 2.72. The average molecular weight is 329 g/mol. The Morgan fingerprint density at radius 3 is 1.54 bits per heavy atom. The van der Waals surface area contributed by atoms with Crippen LogP contribution >= 0.6 is 0 Å². The molecule has 0 spiro atoms. The van der Waals surface area contributed by atoms with E-state index < -0.39 is 0 Å². The number of rotatable bonds is 0. The van der Waals surface area contributed by atoms with Gasteiger partial charge in [0, 0.05) is 34.6 Å². The molecule has 0 N–H and O–H groups in total. The molecule has 0 saturated heterocycles. The molecule has 0 fully saturated rings. The highest BCUT2D eigenvalue weighted by Crippen LogP contribution is 2.17. The lowest BCUT2D eigenvalue weighted by atomic mass is 10.0. The monoisotopic (exact) mass is 329 g/mol. The maximum Gasteiger partial charge on any atom is 0.0280 e. The summed E-state index contributed by atoms with van der Waals surface area (Å²) < 4.78 is 0. The summed E-state index contributed by atoms with van der Waals surface area (Å²) in [5.74, 6) is 12.8. The summed E-state index contributed by atoms with van der Waals surface area (Å²) in [6.07, 6.45) is 3.50. The van der Waals surface area contributed by atoms with Crippen LogP contribution in [0.3, 0.4) is 0 Å². The molecular formula is C25H15N. The van der Waals surface area contributed by atoms with E-state index in [2.05, 4.69) is 59.0 Å². The van der Waals surface area contributed by atoms with Crippen LogP contribution in [0.15, 0.2) is 91.3 Å². The largest absolute Gasteiger partial charge is 0.265 e. The van der Waals surface area contributed by atoms with E-state index >= 15 is 0 Å². The van der Waals surface area contributed by atoms with Gasteiger partial charge in [0.2, 0.25) is 0 Å². The fourth-order valence-electron chi connectivity index (χ4n) is 2.65. The van der Waals surface area contributed by atoms with Crippen molar-refractivity contribution in [2.24, 2.45) is 0 Å². The van der Waals surface area contributed by atoms with Crippen LogP contribution in [0.5, 0.6) is 0 Å². The van der Waals surface area contributed by atoms with Crippen LogP contribution in [0.2, 0.25) is 0 Å². The van der Waals surface area contributed by atoms with Gasteiger partial charge in [0.25, 0.3) is 0 Å². The first-order valence-corrected chi connectivity index (χ1v) is 8.40. The second-order valence-electron chi connectivity index (χ2n) is 5.88. The number of pyridine rings is 1. The van der Waals surface area contributed by atoms with E-state index in [1.54, 1.807) is 12.4 Å². The van der Waals surface area contributed by atoms with Gasteiger partial charge in [0.15, 0.2) is 0 Å². The van der Waals surface area contributed by atoms with Crippen LogP contribution in [0, 0.1) is 23.7 Å². The summed E-state index contributed by atoms with van der Waals surface area (Å²) in [4.78, 5) is 4.01. The van der Waals surface area contributed by atoms with Gasteiger partial charge in [-0.15, -0.1) is 0 Å². The number of hydrogen-bond acceptors (Lipinski definition) is 1. The van der Waals surface area contributed by atoms with Crippen molar-refractivity contribution in [3.05, 3.63) is 114 Å². The minimum absolute atomic E-state index is 0.964. The zero-order chi connectivity index (χ0) is 17.6. The van der Waals surface area contributed by atoms with Gasteiger partial charge in [-0.25, -0.2) is 0 Å². The van der Waals surface area contributed by atoms with Gasteiger partial charge in [-0.05, 0) is 59.3 Å². The molecule has 26 heavy (non-hydrogen) atoms. The summed E-state index contributed by atoms with van der Waals surface area (Å²) >= 11 is 0. The van der Waals surface area contributed by atoms with Crippen molar-refractivity contribution >= 4 is 10.8 Å². The van der Waals surface area contributed by atoms with Crippen LogP contribution < -0.4 is 0 Å². The Balaban J connectivity index is 1.61. The van der Waals surface area contributed by atoms with Gasteiger partial charge in [0.1, 0.15) is 0 Å². The lowest BCUT2D eigenvalue weighted by Crippen LogP contribution is -1.81. The molecule has 4 aromatic rings. The third kappa shape index (κ3) is 3.81. The van der Waals surface area contributed by atoms with Gasteiger partial charge in [-0.2, -0.15) is 0 Å². The van der Waals surface area contributed by atoms with E-state index in [0.717, 1.165) is 27.6 Å². The molecule has 0 aliphatic carbocycles. The van der Waals surface area contributed by atoms with Crippen LogP contribution in [-0.2, 0) is 0 Å². The van der Waals surface area contributed by atoms with Crippen molar-refractivity contribution in [3.63, 3.8) is 0 Å². The molecule has 1 heterocycles. The van der Waals surface area contributed by atoms with Crippen molar-refractivity contribution in [2.45, 2.75) is 0 Å². The van der Waals surface area contributed by atoms with Crippen molar-refractivity contribution in [3.8, 4) is 23.7 Å². The van der Waals surface area contributed by atoms with Gasteiger partial charge in [-0.3, -0.25) is 4.98 Å². The maximum atomic E-state index is 4.01. The Labute approximate surface area is 153 Å². The molecule has 0 amide bonds. The smallest absolute Gasteiger partial charge is 0.0280 e. The van der Waals surface area contributed by atoms with Crippen molar-refractivity contribution in [2.75, 3.05) is 0 Å². The highest BCUT2D eigenvalue weighted by atomic mass is 14.6. The fourth-order valence-corrected chi connectivity index (χ4v) is 2.65. The first-order chi connectivity index (χ1) is 12.9. The molecular weight excluding hydrogens is 314 g/mol.